The number of rotatable bonds is 6. The number of ketones is 1. The van der Waals surface area contributed by atoms with Crippen molar-refractivity contribution in [3.05, 3.63) is 72.1 Å². The molecule has 3 aromatic rings. The first-order valence-electron chi connectivity index (χ1n) is 7.95. The van der Waals surface area contributed by atoms with Gasteiger partial charge in [-0.15, -0.1) is 5.10 Å². The Bertz CT molecular complexity index is 904. The van der Waals surface area contributed by atoms with E-state index in [9.17, 15) is 9.59 Å². The van der Waals surface area contributed by atoms with Crippen LogP contribution in [0, 0.1) is 0 Å². The van der Waals surface area contributed by atoms with Crippen LogP contribution in [-0.4, -0.2) is 40.0 Å². The predicted molar refractivity (Wildman–Crippen MR) is 93.6 cm³/mol. The van der Waals surface area contributed by atoms with Crippen LogP contribution in [0.2, 0.25) is 0 Å². The first kappa shape index (κ1) is 17.3. The van der Waals surface area contributed by atoms with E-state index in [2.05, 4.69) is 10.2 Å². The van der Waals surface area contributed by atoms with Crippen LogP contribution in [-0.2, 0) is 4.74 Å². The molecule has 0 aliphatic carbocycles. The molecule has 0 aliphatic rings. The van der Waals surface area contributed by atoms with Crippen molar-refractivity contribution in [3.63, 3.8) is 0 Å². The summed E-state index contributed by atoms with van der Waals surface area (Å²) in [7, 11) is 1.55. The Hall–Kier alpha value is -3.48. The Morgan fingerprint density at radius 2 is 1.73 bits per heavy atom. The smallest absolute Gasteiger partial charge is 0.361 e. The van der Waals surface area contributed by atoms with Crippen molar-refractivity contribution in [1.29, 1.82) is 0 Å². The van der Waals surface area contributed by atoms with Crippen molar-refractivity contribution in [1.82, 2.24) is 15.0 Å². The van der Waals surface area contributed by atoms with Crippen LogP contribution in [0.15, 0.2) is 60.8 Å². The minimum Gasteiger partial charge on any atom is -0.497 e. The Labute approximate surface area is 150 Å². The lowest BCUT2D eigenvalue weighted by molar-refractivity contribution is 0.0312. The Morgan fingerprint density at radius 1 is 1.04 bits per heavy atom. The van der Waals surface area contributed by atoms with Crippen molar-refractivity contribution >= 4 is 11.8 Å². The maximum absolute atomic E-state index is 12.4. The lowest BCUT2D eigenvalue weighted by Crippen LogP contribution is -2.24. The van der Waals surface area contributed by atoms with E-state index in [4.69, 9.17) is 9.47 Å². The molecule has 7 heteroatoms. The maximum Gasteiger partial charge on any atom is 0.361 e. The molecule has 0 amide bonds. The summed E-state index contributed by atoms with van der Waals surface area (Å²) in [5, 5.41) is 8.13. The molecule has 0 saturated carbocycles. The number of nitrogens with zero attached hydrogens (tertiary/aromatic N) is 3. The third-order valence-electron chi connectivity index (χ3n) is 3.72. The van der Waals surface area contributed by atoms with Gasteiger partial charge in [-0.25, -0.2) is 4.79 Å². The molecule has 0 saturated heterocycles. The number of hydrogen-bond donors (Lipinski definition) is 0. The molecular formula is C19H17N3O4. The van der Waals surface area contributed by atoms with Gasteiger partial charge >= 0.3 is 5.97 Å². The molecule has 0 fully saturated rings. The average Bonchev–Trinajstić information content (AvgIpc) is 3.18. The molecule has 0 spiro atoms. The molecular weight excluding hydrogens is 334 g/mol. The van der Waals surface area contributed by atoms with Crippen molar-refractivity contribution < 1.29 is 19.1 Å². The van der Waals surface area contributed by atoms with Gasteiger partial charge < -0.3 is 9.47 Å². The lowest BCUT2D eigenvalue weighted by atomic mass is 10.1. The summed E-state index contributed by atoms with van der Waals surface area (Å²) >= 11 is 0. The van der Waals surface area contributed by atoms with Gasteiger partial charge in [0.05, 0.1) is 19.0 Å². The number of Topliss-reactive ketones (excluding diaryl/α,β-unsaturated/α-hetero) is 1. The highest BCUT2D eigenvalue weighted by Crippen LogP contribution is 2.14. The number of benzene rings is 2. The third-order valence-corrected chi connectivity index (χ3v) is 3.72. The van der Waals surface area contributed by atoms with E-state index in [0.29, 0.717) is 17.0 Å². The number of hydrogen-bond acceptors (Lipinski definition) is 6. The van der Waals surface area contributed by atoms with Crippen LogP contribution >= 0.6 is 0 Å². The summed E-state index contributed by atoms with van der Waals surface area (Å²) in [5.41, 5.74) is 1.18. The van der Waals surface area contributed by atoms with E-state index in [1.165, 1.54) is 17.9 Å². The molecule has 0 bridgehead atoms. The molecule has 0 unspecified atom stereocenters. The lowest BCUT2D eigenvalue weighted by Gasteiger charge is -2.11. The van der Waals surface area contributed by atoms with Gasteiger partial charge in [-0.3, -0.25) is 4.79 Å². The predicted octanol–water partition coefficient (Wildman–Crippen LogP) is 2.70. The second-order valence-electron chi connectivity index (χ2n) is 5.50. The van der Waals surface area contributed by atoms with Crippen molar-refractivity contribution in [2.75, 3.05) is 7.11 Å². The molecule has 1 aromatic heterocycles. The van der Waals surface area contributed by atoms with E-state index in [0.717, 1.165) is 0 Å². The molecule has 0 aliphatic heterocycles. The van der Waals surface area contributed by atoms with E-state index >= 15 is 0 Å². The standard InChI is InChI=1S/C19H17N3O4/c1-13(18(23)14-8-10-16(25-2)11-9-14)26-19(24)17-12-20-22(21-17)15-6-4-3-5-7-15/h3-13H,1-2H3/t13-/m0/s1. The van der Waals surface area contributed by atoms with Gasteiger partial charge in [0.25, 0.3) is 0 Å². The first-order chi connectivity index (χ1) is 12.6. The Morgan fingerprint density at radius 3 is 2.38 bits per heavy atom. The van der Waals surface area contributed by atoms with Crippen LogP contribution in [0.1, 0.15) is 27.8 Å². The normalized spacial score (nSPS) is 11.6. The first-order valence-corrected chi connectivity index (χ1v) is 7.95. The second kappa shape index (κ2) is 7.60. The summed E-state index contributed by atoms with van der Waals surface area (Å²) < 4.78 is 10.3. The fraction of sp³-hybridized carbons (Fsp3) is 0.158. The Balaban J connectivity index is 1.67. The van der Waals surface area contributed by atoms with E-state index < -0.39 is 12.1 Å². The highest BCUT2D eigenvalue weighted by Gasteiger charge is 2.22. The fourth-order valence-corrected chi connectivity index (χ4v) is 2.31. The molecule has 2 aromatic carbocycles. The van der Waals surface area contributed by atoms with Crippen LogP contribution < -0.4 is 4.74 Å². The zero-order valence-electron chi connectivity index (χ0n) is 14.3. The number of methoxy groups -OCH3 is 1. The maximum atomic E-state index is 12.4. The fourth-order valence-electron chi connectivity index (χ4n) is 2.31. The summed E-state index contributed by atoms with van der Waals surface area (Å²) in [5.74, 6) is -0.373. The second-order valence-corrected chi connectivity index (χ2v) is 5.50. The number of para-hydroxylation sites is 1. The summed E-state index contributed by atoms with van der Waals surface area (Å²) in [4.78, 5) is 25.9. The van der Waals surface area contributed by atoms with Gasteiger partial charge in [0.1, 0.15) is 5.75 Å². The van der Waals surface area contributed by atoms with Gasteiger partial charge in [-0.05, 0) is 43.3 Å². The molecule has 0 N–H and O–H groups in total. The quantitative estimate of drug-likeness (QED) is 0.501. The zero-order valence-corrected chi connectivity index (χ0v) is 14.3. The number of ether oxygens (including phenoxy) is 2. The monoisotopic (exact) mass is 351 g/mol. The SMILES string of the molecule is COc1ccc(C(=O)[C@H](C)OC(=O)c2cnn(-c3ccccc3)n2)cc1. The van der Waals surface area contributed by atoms with Crippen molar-refractivity contribution in [2.24, 2.45) is 0 Å². The minimum absolute atomic E-state index is 0.0308. The number of esters is 1. The molecule has 1 heterocycles. The third kappa shape index (κ3) is 3.77. The molecule has 132 valence electrons. The molecule has 3 rings (SSSR count). The largest absolute Gasteiger partial charge is 0.497 e. The summed E-state index contributed by atoms with van der Waals surface area (Å²) in [6, 6.07) is 15.8. The van der Waals surface area contributed by atoms with Crippen molar-refractivity contribution in [3.8, 4) is 11.4 Å². The highest BCUT2D eigenvalue weighted by atomic mass is 16.5. The zero-order chi connectivity index (χ0) is 18.5. The number of carbonyl (C=O) groups excluding carboxylic acids is 2. The van der Waals surface area contributed by atoms with E-state index in [1.54, 1.807) is 31.4 Å². The highest BCUT2D eigenvalue weighted by molar-refractivity contribution is 6.01. The average molecular weight is 351 g/mol. The summed E-state index contributed by atoms with van der Waals surface area (Å²) in [6.07, 6.45) is 0.359. The topological polar surface area (TPSA) is 83.3 Å². The Kier molecular flexibility index (Phi) is 5.07. The molecule has 7 nitrogen and oxygen atoms in total. The minimum atomic E-state index is -0.947. The molecule has 0 radical (unpaired) electrons. The van der Waals surface area contributed by atoms with Crippen LogP contribution in [0.3, 0.4) is 0 Å². The van der Waals surface area contributed by atoms with Crippen LogP contribution in [0.5, 0.6) is 5.75 Å². The summed E-state index contributed by atoms with van der Waals surface area (Å²) in [6.45, 7) is 1.52. The van der Waals surface area contributed by atoms with Gasteiger partial charge in [0.15, 0.2) is 11.8 Å². The van der Waals surface area contributed by atoms with Crippen LogP contribution in [0.25, 0.3) is 5.69 Å². The van der Waals surface area contributed by atoms with E-state index in [-0.39, 0.29) is 11.5 Å². The molecule has 1 atom stereocenters. The van der Waals surface area contributed by atoms with Gasteiger partial charge in [-0.1, -0.05) is 18.2 Å². The number of carbonyl (C=O) groups is 2. The molecule has 26 heavy (non-hydrogen) atoms. The van der Waals surface area contributed by atoms with Gasteiger partial charge in [0.2, 0.25) is 5.78 Å². The van der Waals surface area contributed by atoms with Gasteiger partial charge in [-0.2, -0.15) is 9.90 Å². The van der Waals surface area contributed by atoms with E-state index in [1.807, 2.05) is 30.3 Å². The van der Waals surface area contributed by atoms with Crippen LogP contribution in [0.4, 0.5) is 0 Å². The van der Waals surface area contributed by atoms with Gasteiger partial charge in [0, 0.05) is 5.56 Å². The van der Waals surface area contributed by atoms with Crippen molar-refractivity contribution in [2.45, 2.75) is 13.0 Å². The number of aromatic nitrogens is 3.